The largest absolute Gasteiger partial charge is 0.401 e. The van der Waals surface area contributed by atoms with Crippen LogP contribution >= 0.6 is 23.2 Å². The highest BCUT2D eigenvalue weighted by atomic mass is 35.5. The highest BCUT2D eigenvalue weighted by molar-refractivity contribution is 6.56. The lowest BCUT2D eigenvalue weighted by atomic mass is 10.8. The summed E-state index contributed by atoms with van der Waals surface area (Å²) in [5, 5.41) is 0. The van der Waals surface area contributed by atoms with Crippen molar-refractivity contribution in [2.75, 3.05) is 0 Å². The van der Waals surface area contributed by atoms with Crippen molar-refractivity contribution in [3.63, 3.8) is 0 Å². The third-order valence-corrected chi connectivity index (χ3v) is 0.969. The molecule has 0 aliphatic carbocycles. The number of rotatable bonds is 0. The first-order valence-electron chi connectivity index (χ1n) is 2.01. The monoisotopic (exact) mass is 165 g/mol. The highest BCUT2D eigenvalue weighted by Crippen LogP contribution is 2.18. The van der Waals surface area contributed by atoms with Crippen LogP contribution in [-0.4, -0.2) is 12.2 Å². The Kier molecular flexibility index (Phi) is 1.73. The molecule has 0 saturated carbocycles. The zero-order valence-electron chi connectivity index (χ0n) is 4.10. The molecule has 0 atom stereocenters. The minimum absolute atomic E-state index is 0.0386. The van der Waals surface area contributed by atoms with Gasteiger partial charge in [0.15, 0.2) is 4.49 Å². The Bertz CT molecular complexity index is 205. The minimum atomic E-state index is -0.552. The van der Waals surface area contributed by atoms with Gasteiger partial charge in [0, 0.05) is 0 Å². The highest BCUT2D eigenvalue weighted by Gasteiger charge is 2.13. The van der Waals surface area contributed by atoms with Crippen LogP contribution in [-0.2, 0) is 9.53 Å². The maximum atomic E-state index is 10.2. The number of halogens is 2. The van der Waals surface area contributed by atoms with Gasteiger partial charge in [-0.25, -0.2) is 9.79 Å². The van der Waals surface area contributed by atoms with Gasteiger partial charge >= 0.3 is 5.97 Å². The lowest BCUT2D eigenvalue weighted by molar-refractivity contribution is -0.129. The predicted octanol–water partition coefficient (Wildman–Crippen LogP) is 1.22. The summed E-state index contributed by atoms with van der Waals surface area (Å²) in [5.41, 5.74) is 0. The van der Waals surface area contributed by atoms with Crippen molar-refractivity contribution in [2.45, 2.75) is 0 Å². The van der Waals surface area contributed by atoms with Crippen molar-refractivity contribution in [3.8, 4) is 0 Å². The van der Waals surface area contributed by atoms with Gasteiger partial charge in [-0.1, -0.05) is 23.2 Å². The van der Waals surface area contributed by atoms with Gasteiger partial charge in [-0.3, -0.25) is 0 Å². The van der Waals surface area contributed by atoms with E-state index in [-0.39, 0.29) is 10.4 Å². The fourth-order valence-corrected chi connectivity index (χ4v) is 0.521. The van der Waals surface area contributed by atoms with E-state index in [9.17, 15) is 4.79 Å². The molecule has 1 aliphatic heterocycles. The number of ether oxygens (including phenoxy) is 1. The van der Waals surface area contributed by atoms with E-state index in [0.717, 1.165) is 6.21 Å². The van der Waals surface area contributed by atoms with Crippen LogP contribution in [0, 0.1) is 0 Å². The second-order valence-electron chi connectivity index (χ2n) is 1.24. The van der Waals surface area contributed by atoms with Crippen LogP contribution in [0.3, 0.4) is 0 Å². The Morgan fingerprint density at radius 1 is 1.67 bits per heavy atom. The number of hydrogen-bond donors (Lipinski definition) is 0. The summed E-state index contributed by atoms with van der Waals surface area (Å²) in [6.07, 6.45) is 1.00. The fraction of sp³-hybridized carbons (Fsp3) is 0. The van der Waals surface area contributed by atoms with Gasteiger partial charge in [0.25, 0.3) is 5.88 Å². The Morgan fingerprint density at radius 2 is 2.33 bits per heavy atom. The zero-order valence-corrected chi connectivity index (χ0v) is 5.61. The fourth-order valence-electron chi connectivity index (χ4n) is 0.347. The van der Waals surface area contributed by atoms with Gasteiger partial charge in [-0.15, -0.1) is 0 Å². The molecule has 0 aromatic carbocycles. The van der Waals surface area contributed by atoms with Crippen molar-refractivity contribution in [1.82, 2.24) is 0 Å². The van der Waals surface area contributed by atoms with Gasteiger partial charge in [-0.05, 0) is 0 Å². The van der Waals surface area contributed by atoms with Gasteiger partial charge in [-0.2, -0.15) is 0 Å². The lowest BCUT2D eigenvalue weighted by Gasteiger charge is -1.89. The van der Waals surface area contributed by atoms with Crippen LogP contribution in [0.25, 0.3) is 0 Å². The average molecular weight is 166 g/mol. The molecule has 0 N–H and O–H groups in total. The summed E-state index contributed by atoms with van der Waals surface area (Å²) in [6.45, 7) is 0. The Morgan fingerprint density at radius 3 is 2.56 bits per heavy atom. The Balaban J connectivity index is 2.83. The standard InChI is InChI=1S/C4HCl2NO2/c5-3(6)4-7-1-2(8)9-4/h1H. The molecule has 1 rings (SSSR count). The van der Waals surface area contributed by atoms with Crippen LogP contribution in [0.15, 0.2) is 15.4 Å². The summed E-state index contributed by atoms with van der Waals surface area (Å²) in [6, 6.07) is 0. The molecule has 0 saturated heterocycles. The van der Waals surface area contributed by atoms with E-state index in [1.54, 1.807) is 0 Å². The summed E-state index contributed by atoms with van der Waals surface area (Å²) in [5.74, 6) is -0.591. The smallest absolute Gasteiger partial charge is 0.356 e. The molecule has 0 amide bonds. The van der Waals surface area contributed by atoms with Crippen molar-refractivity contribution < 1.29 is 9.53 Å². The van der Waals surface area contributed by atoms with Crippen molar-refractivity contribution in [3.05, 3.63) is 10.4 Å². The molecular formula is C4HCl2NO2. The summed E-state index contributed by atoms with van der Waals surface area (Å²) >= 11 is 10.4. The van der Waals surface area contributed by atoms with E-state index in [2.05, 4.69) is 9.73 Å². The van der Waals surface area contributed by atoms with Crippen molar-refractivity contribution >= 4 is 35.4 Å². The quantitative estimate of drug-likeness (QED) is 0.507. The SMILES string of the molecule is O=C1C=NC(=C(Cl)Cl)O1. The van der Waals surface area contributed by atoms with Crippen LogP contribution in [0.5, 0.6) is 0 Å². The minimum Gasteiger partial charge on any atom is -0.401 e. The number of hydrogen-bond acceptors (Lipinski definition) is 3. The second-order valence-corrected chi connectivity index (χ2v) is 2.19. The van der Waals surface area contributed by atoms with Crippen LogP contribution in [0.4, 0.5) is 0 Å². The zero-order chi connectivity index (χ0) is 6.85. The maximum Gasteiger partial charge on any atom is 0.356 e. The first-order valence-corrected chi connectivity index (χ1v) is 2.77. The predicted molar refractivity (Wildman–Crippen MR) is 33.3 cm³/mol. The summed E-state index contributed by atoms with van der Waals surface area (Å²) in [4.78, 5) is 13.7. The topological polar surface area (TPSA) is 38.7 Å². The molecule has 0 bridgehead atoms. The molecule has 1 aliphatic rings. The van der Waals surface area contributed by atoms with Gasteiger partial charge in [0.1, 0.15) is 6.21 Å². The number of esters is 1. The summed E-state index contributed by atoms with van der Waals surface area (Å²) in [7, 11) is 0. The molecular weight excluding hydrogens is 165 g/mol. The molecule has 3 nitrogen and oxygen atoms in total. The number of aliphatic imine (C=N–C) groups is 1. The Labute approximate surface area is 60.9 Å². The van der Waals surface area contributed by atoms with Gasteiger partial charge in [0.2, 0.25) is 0 Å². The molecule has 48 valence electrons. The molecule has 9 heavy (non-hydrogen) atoms. The van der Waals surface area contributed by atoms with Gasteiger partial charge < -0.3 is 4.74 Å². The molecule has 0 aromatic heterocycles. The van der Waals surface area contributed by atoms with E-state index in [4.69, 9.17) is 23.2 Å². The van der Waals surface area contributed by atoms with Crippen molar-refractivity contribution in [2.24, 2.45) is 4.99 Å². The molecule has 0 fully saturated rings. The molecule has 0 spiro atoms. The van der Waals surface area contributed by atoms with E-state index in [0.29, 0.717) is 0 Å². The first kappa shape index (κ1) is 6.58. The number of carbonyl (C=O) groups excluding carboxylic acids is 1. The third-order valence-electron chi connectivity index (χ3n) is 0.646. The van der Waals surface area contributed by atoms with Crippen LogP contribution in [0.2, 0.25) is 0 Å². The first-order chi connectivity index (χ1) is 4.20. The average Bonchev–Trinajstić information content (AvgIpc) is 2.14. The maximum absolute atomic E-state index is 10.2. The molecule has 5 heteroatoms. The molecule has 0 aromatic rings. The van der Waals surface area contributed by atoms with Crippen LogP contribution < -0.4 is 0 Å². The normalized spacial score (nSPS) is 16.2. The molecule has 1 heterocycles. The molecule has 0 unspecified atom stereocenters. The van der Waals surface area contributed by atoms with Crippen LogP contribution in [0.1, 0.15) is 0 Å². The Hall–Kier alpha value is -0.540. The van der Waals surface area contributed by atoms with Gasteiger partial charge in [0.05, 0.1) is 0 Å². The third kappa shape index (κ3) is 1.43. The lowest BCUT2D eigenvalue weighted by Crippen LogP contribution is -1.94. The number of cyclic esters (lactones) is 1. The van der Waals surface area contributed by atoms with E-state index in [1.165, 1.54) is 0 Å². The second kappa shape index (κ2) is 2.37. The van der Waals surface area contributed by atoms with E-state index in [1.807, 2.05) is 0 Å². The summed E-state index contributed by atoms with van der Waals surface area (Å²) < 4.78 is 4.24. The van der Waals surface area contributed by atoms with E-state index >= 15 is 0 Å². The van der Waals surface area contributed by atoms with Crippen molar-refractivity contribution in [1.29, 1.82) is 0 Å². The van der Waals surface area contributed by atoms with E-state index < -0.39 is 5.97 Å². The number of nitrogens with zero attached hydrogens (tertiary/aromatic N) is 1. The molecule has 0 radical (unpaired) electrons. The number of carbonyl (C=O) groups is 1.